The van der Waals surface area contributed by atoms with Crippen LogP contribution in [0.1, 0.15) is 18.0 Å². The lowest BCUT2D eigenvalue weighted by Crippen LogP contribution is -2.20. The van der Waals surface area contributed by atoms with Gasteiger partial charge >= 0.3 is 0 Å². The monoisotopic (exact) mass is 167 g/mol. The van der Waals surface area contributed by atoms with Crippen molar-refractivity contribution in [2.24, 2.45) is 5.73 Å². The van der Waals surface area contributed by atoms with E-state index >= 15 is 0 Å². The topological polar surface area (TPSA) is 35.2 Å². The molecule has 0 fully saturated rings. The summed E-state index contributed by atoms with van der Waals surface area (Å²) in [5, 5.41) is 0. The number of rotatable bonds is 0. The fourth-order valence-corrected chi connectivity index (χ4v) is 1.39. The third-order valence-electron chi connectivity index (χ3n) is 2.06. The van der Waals surface area contributed by atoms with Crippen molar-refractivity contribution >= 4 is 0 Å². The Morgan fingerprint density at radius 1 is 1.50 bits per heavy atom. The molecule has 1 aliphatic heterocycles. The number of nitrogens with two attached hydrogens (primary N) is 1. The lowest BCUT2D eigenvalue weighted by Gasteiger charge is -2.22. The quantitative estimate of drug-likeness (QED) is 0.637. The van der Waals surface area contributed by atoms with E-state index in [1.807, 2.05) is 0 Å². The van der Waals surface area contributed by atoms with Crippen molar-refractivity contribution in [2.45, 2.75) is 12.5 Å². The van der Waals surface area contributed by atoms with E-state index in [4.69, 9.17) is 10.5 Å². The van der Waals surface area contributed by atoms with Gasteiger partial charge in [0.2, 0.25) is 0 Å². The summed E-state index contributed by atoms with van der Waals surface area (Å²) in [6, 6.07) is 4.38. The van der Waals surface area contributed by atoms with Gasteiger partial charge in [-0.25, -0.2) is 4.39 Å². The highest BCUT2D eigenvalue weighted by Crippen LogP contribution is 2.30. The Balaban J connectivity index is 2.47. The van der Waals surface area contributed by atoms with Crippen molar-refractivity contribution in [3.05, 3.63) is 29.6 Å². The second kappa shape index (κ2) is 2.75. The molecule has 0 radical (unpaired) electrons. The molecule has 0 saturated carbocycles. The Morgan fingerprint density at radius 3 is 3.17 bits per heavy atom. The number of benzene rings is 1. The molecule has 64 valence electrons. The first kappa shape index (κ1) is 7.55. The van der Waals surface area contributed by atoms with Crippen LogP contribution < -0.4 is 10.5 Å². The summed E-state index contributed by atoms with van der Waals surface area (Å²) in [5.74, 6) is 0.463. The highest BCUT2D eigenvalue weighted by molar-refractivity contribution is 5.37. The zero-order valence-electron chi connectivity index (χ0n) is 6.59. The molecule has 0 saturated heterocycles. The maximum Gasteiger partial charge on any atom is 0.124 e. The third-order valence-corrected chi connectivity index (χ3v) is 2.06. The van der Waals surface area contributed by atoms with Gasteiger partial charge in [0.1, 0.15) is 11.6 Å². The molecule has 0 aromatic heterocycles. The summed E-state index contributed by atoms with van der Waals surface area (Å²) in [7, 11) is 0. The fraction of sp³-hybridized carbons (Fsp3) is 0.333. The number of hydrogen-bond donors (Lipinski definition) is 1. The van der Waals surface area contributed by atoms with Crippen LogP contribution in [-0.2, 0) is 0 Å². The van der Waals surface area contributed by atoms with E-state index in [1.54, 1.807) is 6.07 Å². The Kier molecular flexibility index (Phi) is 1.73. The Hall–Kier alpha value is -1.09. The Morgan fingerprint density at radius 2 is 2.33 bits per heavy atom. The molecule has 0 bridgehead atoms. The van der Waals surface area contributed by atoms with Crippen molar-refractivity contribution in [1.82, 2.24) is 0 Å². The molecule has 1 aromatic carbocycles. The summed E-state index contributed by atoms with van der Waals surface area (Å²) in [5.41, 5.74) is 6.55. The minimum Gasteiger partial charge on any atom is -0.493 e. The molecule has 3 heteroatoms. The maximum atomic E-state index is 12.8. The molecule has 12 heavy (non-hydrogen) atoms. The van der Waals surface area contributed by atoms with Crippen LogP contribution in [0, 0.1) is 5.82 Å². The van der Waals surface area contributed by atoms with Crippen LogP contribution in [0.25, 0.3) is 0 Å². The predicted octanol–water partition coefficient (Wildman–Crippen LogP) is 1.61. The van der Waals surface area contributed by atoms with Gasteiger partial charge < -0.3 is 10.5 Å². The molecule has 1 aliphatic rings. The summed E-state index contributed by atoms with van der Waals surface area (Å²) in [6.07, 6.45) is 0.760. The zero-order valence-corrected chi connectivity index (χ0v) is 6.59. The highest BCUT2D eigenvalue weighted by atomic mass is 19.1. The van der Waals surface area contributed by atoms with Gasteiger partial charge in [0.15, 0.2) is 0 Å². The van der Waals surface area contributed by atoms with Crippen LogP contribution in [0.2, 0.25) is 0 Å². The van der Waals surface area contributed by atoms with Crippen LogP contribution in [0.5, 0.6) is 5.75 Å². The van der Waals surface area contributed by atoms with Crippen molar-refractivity contribution in [1.29, 1.82) is 0 Å². The predicted molar refractivity (Wildman–Crippen MR) is 43.4 cm³/mol. The van der Waals surface area contributed by atoms with Gasteiger partial charge in [-0.15, -0.1) is 0 Å². The van der Waals surface area contributed by atoms with Crippen molar-refractivity contribution in [2.75, 3.05) is 6.61 Å². The van der Waals surface area contributed by atoms with E-state index in [-0.39, 0.29) is 11.9 Å². The van der Waals surface area contributed by atoms with E-state index in [0.717, 1.165) is 17.7 Å². The number of ether oxygens (including phenoxy) is 1. The van der Waals surface area contributed by atoms with E-state index < -0.39 is 0 Å². The van der Waals surface area contributed by atoms with Crippen molar-refractivity contribution in [3.8, 4) is 5.75 Å². The van der Waals surface area contributed by atoms with E-state index in [2.05, 4.69) is 0 Å². The molecule has 1 aromatic rings. The van der Waals surface area contributed by atoms with Gasteiger partial charge in [0, 0.05) is 18.0 Å². The first-order valence-corrected chi connectivity index (χ1v) is 3.95. The van der Waals surface area contributed by atoms with Crippen LogP contribution in [0.15, 0.2) is 18.2 Å². The third kappa shape index (κ3) is 1.16. The number of halogens is 1. The number of fused-ring (bicyclic) bond motifs is 1. The van der Waals surface area contributed by atoms with Crippen LogP contribution in [0.3, 0.4) is 0 Å². The molecule has 0 unspecified atom stereocenters. The van der Waals surface area contributed by atoms with Gasteiger partial charge in [0.25, 0.3) is 0 Å². The van der Waals surface area contributed by atoms with Crippen LogP contribution in [-0.4, -0.2) is 6.61 Å². The van der Waals surface area contributed by atoms with Crippen molar-refractivity contribution in [3.63, 3.8) is 0 Å². The lowest BCUT2D eigenvalue weighted by molar-refractivity contribution is 0.268. The second-order valence-electron chi connectivity index (χ2n) is 2.93. The molecule has 2 rings (SSSR count). The standard InChI is InChI=1S/C9H10FNO/c10-6-1-2-9-7(5-6)8(11)3-4-12-9/h1-2,5,8H,3-4,11H2/t8-/m1/s1. The minimum atomic E-state index is -0.255. The summed E-state index contributed by atoms with van der Waals surface area (Å²) < 4.78 is 18.1. The smallest absolute Gasteiger partial charge is 0.124 e. The molecule has 1 atom stereocenters. The summed E-state index contributed by atoms with van der Waals surface area (Å²) in [6.45, 7) is 0.625. The van der Waals surface area contributed by atoms with Gasteiger partial charge in [-0.2, -0.15) is 0 Å². The van der Waals surface area contributed by atoms with Crippen molar-refractivity contribution < 1.29 is 9.13 Å². The first-order chi connectivity index (χ1) is 5.77. The Labute approximate surface area is 70.1 Å². The molecular formula is C9H10FNO. The zero-order chi connectivity index (χ0) is 8.55. The van der Waals surface area contributed by atoms with Crippen LogP contribution >= 0.6 is 0 Å². The molecule has 1 heterocycles. The molecule has 2 nitrogen and oxygen atoms in total. The average Bonchev–Trinajstić information content (AvgIpc) is 2.07. The summed E-state index contributed by atoms with van der Waals surface area (Å²) >= 11 is 0. The van der Waals surface area contributed by atoms with Gasteiger partial charge in [-0.3, -0.25) is 0 Å². The average molecular weight is 167 g/mol. The summed E-state index contributed by atoms with van der Waals surface area (Å²) in [4.78, 5) is 0. The number of hydrogen-bond acceptors (Lipinski definition) is 2. The largest absolute Gasteiger partial charge is 0.493 e. The van der Waals surface area contributed by atoms with Crippen LogP contribution in [0.4, 0.5) is 4.39 Å². The first-order valence-electron chi connectivity index (χ1n) is 3.95. The second-order valence-corrected chi connectivity index (χ2v) is 2.93. The van der Waals surface area contributed by atoms with Gasteiger partial charge in [-0.1, -0.05) is 0 Å². The van der Waals surface area contributed by atoms with Gasteiger partial charge in [0.05, 0.1) is 6.61 Å². The van der Waals surface area contributed by atoms with E-state index in [1.165, 1.54) is 12.1 Å². The fourth-order valence-electron chi connectivity index (χ4n) is 1.39. The van der Waals surface area contributed by atoms with E-state index in [9.17, 15) is 4.39 Å². The molecule has 0 spiro atoms. The lowest BCUT2D eigenvalue weighted by atomic mass is 10.0. The molecular weight excluding hydrogens is 157 g/mol. The molecule has 0 amide bonds. The normalized spacial score (nSPS) is 21.3. The SMILES string of the molecule is N[C@@H]1CCOc2ccc(F)cc21. The molecule has 0 aliphatic carbocycles. The Bertz CT molecular complexity index is 301. The maximum absolute atomic E-state index is 12.8. The van der Waals surface area contributed by atoms with Gasteiger partial charge in [-0.05, 0) is 18.2 Å². The van der Waals surface area contributed by atoms with E-state index in [0.29, 0.717) is 6.61 Å². The highest BCUT2D eigenvalue weighted by Gasteiger charge is 2.17. The molecule has 2 N–H and O–H groups in total. The minimum absolute atomic E-state index is 0.0792.